The summed E-state index contributed by atoms with van der Waals surface area (Å²) in [6.45, 7) is 7.80. The molecule has 0 spiro atoms. The van der Waals surface area contributed by atoms with E-state index in [0.29, 0.717) is 0 Å². The average molecular weight is 294 g/mol. The van der Waals surface area contributed by atoms with Crippen LogP contribution >= 0.6 is 0 Å². The van der Waals surface area contributed by atoms with Crippen LogP contribution in [0.4, 0.5) is 0 Å². The smallest absolute Gasteiger partial charge is 0.192 e. The van der Waals surface area contributed by atoms with Gasteiger partial charge in [0, 0.05) is 13.8 Å². The van der Waals surface area contributed by atoms with E-state index in [1.165, 1.54) is 11.1 Å². The van der Waals surface area contributed by atoms with Gasteiger partial charge in [-0.2, -0.15) is 0 Å². The van der Waals surface area contributed by atoms with Gasteiger partial charge in [-0.15, -0.1) is 0 Å². The lowest BCUT2D eigenvalue weighted by Gasteiger charge is -1.87. The number of fused-ring (bicyclic) bond motifs is 2. The Labute approximate surface area is 128 Å². The molecule has 0 N–H and O–H groups in total. The van der Waals surface area contributed by atoms with Gasteiger partial charge >= 0.3 is 0 Å². The van der Waals surface area contributed by atoms with Crippen molar-refractivity contribution >= 4 is 22.2 Å². The first-order valence-corrected chi connectivity index (χ1v) is 7.19. The molecule has 0 unspecified atom stereocenters. The maximum Gasteiger partial charge on any atom is 0.192 e. The fraction of sp³-hybridized carbons (Fsp3) is 0.222. The lowest BCUT2D eigenvalue weighted by Crippen LogP contribution is -1.71. The van der Waals surface area contributed by atoms with E-state index >= 15 is 0 Å². The van der Waals surface area contributed by atoms with E-state index in [2.05, 4.69) is 9.97 Å². The Balaban J connectivity index is 0.000000131. The van der Waals surface area contributed by atoms with Crippen LogP contribution in [0.25, 0.3) is 22.2 Å². The minimum atomic E-state index is 0.727. The quantitative estimate of drug-likeness (QED) is 0.463. The summed E-state index contributed by atoms with van der Waals surface area (Å²) in [5.41, 5.74) is 6.05. The highest BCUT2D eigenvalue weighted by atomic mass is 16.3. The van der Waals surface area contributed by atoms with E-state index in [0.717, 1.165) is 34.0 Å². The molecule has 0 amide bonds. The number of aryl methyl sites for hydroxylation is 4. The van der Waals surface area contributed by atoms with Crippen molar-refractivity contribution < 1.29 is 8.83 Å². The molecule has 0 aliphatic carbocycles. The number of benzene rings is 2. The van der Waals surface area contributed by atoms with Gasteiger partial charge in [-0.3, -0.25) is 0 Å². The molecule has 4 rings (SSSR count). The first kappa shape index (κ1) is 14.3. The van der Waals surface area contributed by atoms with Crippen molar-refractivity contribution in [3.63, 3.8) is 0 Å². The standard InChI is InChI=1S/2C9H9NO/c1-6-3-4-9-8(5-6)10-7(2)11-9;1-6-3-4-8-9(5-6)11-7(2)10-8/h2*3-5H,1-2H3. The third kappa shape index (κ3) is 3.01. The predicted molar refractivity (Wildman–Crippen MR) is 87.0 cm³/mol. The Bertz CT molecular complexity index is 857. The van der Waals surface area contributed by atoms with Gasteiger partial charge in [-0.1, -0.05) is 12.1 Å². The number of hydrogen-bond donors (Lipinski definition) is 0. The van der Waals surface area contributed by atoms with E-state index in [9.17, 15) is 0 Å². The average Bonchev–Trinajstić information content (AvgIpc) is 2.99. The minimum Gasteiger partial charge on any atom is -0.441 e. The monoisotopic (exact) mass is 294 g/mol. The molecule has 0 saturated carbocycles. The molecule has 0 fully saturated rings. The van der Waals surface area contributed by atoms with Crippen molar-refractivity contribution in [1.29, 1.82) is 0 Å². The number of hydrogen-bond acceptors (Lipinski definition) is 4. The molecule has 2 aromatic carbocycles. The highest BCUT2D eigenvalue weighted by molar-refractivity contribution is 5.73. The van der Waals surface area contributed by atoms with Gasteiger partial charge in [0.25, 0.3) is 0 Å². The second-order valence-electron chi connectivity index (χ2n) is 5.41. The molecule has 0 bridgehead atoms. The maximum atomic E-state index is 5.34. The third-order valence-electron chi connectivity index (χ3n) is 3.30. The van der Waals surface area contributed by atoms with Crippen LogP contribution in [0.15, 0.2) is 45.2 Å². The first-order valence-electron chi connectivity index (χ1n) is 7.19. The second kappa shape index (κ2) is 5.64. The molecule has 0 atom stereocenters. The van der Waals surface area contributed by atoms with Crippen molar-refractivity contribution in [1.82, 2.24) is 9.97 Å². The van der Waals surface area contributed by atoms with Gasteiger partial charge in [0.1, 0.15) is 11.0 Å². The molecule has 22 heavy (non-hydrogen) atoms. The normalized spacial score (nSPS) is 10.7. The molecular weight excluding hydrogens is 276 g/mol. The van der Waals surface area contributed by atoms with Crippen LogP contribution in [-0.2, 0) is 0 Å². The van der Waals surface area contributed by atoms with E-state index in [1.54, 1.807) is 0 Å². The van der Waals surface area contributed by atoms with Gasteiger partial charge in [0.2, 0.25) is 0 Å². The summed E-state index contributed by atoms with van der Waals surface area (Å²) in [5, 5.41) is 0. The van der Waals surface area contributed by atoms with Crippen LogP contribution < -0.4 is 0 Å². The summed E-state index contributed by atoms with van der Waals surface area (Å²) >= 11 is 0. The Kier molecular flexibility index (Phi) is 3.67. The first-order chi connectivity index (χ1) is 10.5. The molecule has 0 aliphatic rings. The fourth-order valence-electron chi connectivity index (χ4n) is 2.30. The van der Waals surface area contributed by atoms with Crippen LogP contribution in [0.2, 0.25) is 0 Å². The molecule has 2 aromatic heterocycles. The molecule has 0 saturated heterocycles. The predicted octanol–water partition coefficient (Wildman–Crippen LogP) is 4.89. The van der Waals surface area contributed by atoms with Crippen LogP contribution in [0.5, 0.6) is 0 Å². The second-order valence-corrected chi connectivity index (χ2v) is 5.41. The van der Waals surface area contributed by atoms with Crippen molar-refractivity contribution in [2.45, 2.75) is 27.7 Å². The third-order valence-corrected chi connectivity index (χ3v) is 3.30. The van der Waals surface area contributed by atoms with E-state index in [4.69, 9.17) is 8.83 Å². The van der Waals surface area contributed by atoms with Crippen LogP contribution in [0.3, 0.4) is 0 Å². The SMILES string of the molecule is Cc1ccc2nc(C)oc2c1.Cc1ccc2oc(C)nc2c1. The molecule has 112 valence electrons. The molecule has 2 heterocycles. The van der Waals surface area contributed by atoms with Gasteiger partial charge in [0.05, 0.1) is 0 Å². The molecular formula is C18H18N2O2. The topological polar surface area (TPSA) is 52.1 Å². The van der Waals surface area contributed by atoms with E-state index in [1.807, 2.05) is 64.1 Å². The van der Waals surface area contributed by atoms with Crippen LogP contribution in [0, 0.1) is 27.7 Å². The van der Waals surface area contributed by atoms with E-state index in [-0.39, 0.29) is 0 Å². The van der Waals surface area contributed by atoms with Crippen molar-refractivity contribution in [2.75, 3.05) is 0 Å². The van der Waals surface area contributed by atoms with E-state index < -0.39 is 0 Å². The molecule has 0 radical (unpaired) electrons. The zero-order valence-corrected chi connectivity index (χ0v) is 13.2. The summed E-state index contributed by atoms with van der Waals surface area (Å²) in [5.74, 6) is 1.45. The highest BCUT2D eigenvalue weighted by Gasteiger charge is 2.00. The zero-order valence-electron chi connectivity index (χ0n) is 13.2. The highest BCUT2D eigenvalue weighted by Crippen LogP contribution is 2.16. The lowest BCUT2D eigenvalue weighted by molar-refractivity contribution is 0.560. The molecule has 4 heteroatoms. The lowest BCUT2D eigenvalue weighted by atomic mass is 10.2. The largest absolute Gasteiger partial charge is 0.441 e. The van der Waals surface area contributed by atoms with Gasteiger partial charge < -0.3 is 8.83 Å². The number of nitrogens with zero attached hydrogens (tertiary/aromatic N) is 2. The van der Waals surface area contributed by atoms with Crippen LogP contribution in [-0.4, -0.2) is 9.97 Å². The van der Waals surface area contributed by atoms with Crippen molar-refractivity contribution in [3.05, 3.63) is 59.3 Å². The Hall–Kier alpha value is -2.62. The van der Waals surface area contributed by atoms with Gasteiger partial charge in [0.15, 0.2) is 22.9 Å². The number of aromatic nitrogens is 2. The Morgan fingerprint density at radius 1 is 0.636 bits per heavy atom. The van der Waals surface area contributed by atoms with Gasteiger partial charge in [-0.05, 0) is 49.2 Å². The molecule has 4 nitrogen and oxygen atoms in total. The number of oxazole rings is 2. The maximum absolute atomic E-state index is 5.34. The summed E-state index contributed by atoms with van der Waals surface area (Å²) in [6, 6.07) is 12.0. The fourth-order valence-corrected chi connectivity index (χ4v) is 2.30. The summed E-state index contributed by atoms with van der Waals surface area (Å²) in [7, 11) is 0. The molecule has 0 aliphatic heterocycles. The number of rotatable bonds is 0. The summed E-state index contributed by atoms with van der Waals surface area (Å²) in [6.07, 6.45) is 0. The Morgan fingerprint density at radius 3 is 2.00 bits per heavy atom. The zero-order chi connectivity index (χ0) is 15.7. The summed E-state index contributed by atoms with van der Waals surface area (Å²) in [4.78, 5) is 8.39. The van der Waals surface area contributed by atoms with Crippen LogP contribution in [0.1, 0.15) is 22.9 Å². The van der Waals surface area contributed by atoms with Crippen molar-refractivity contribution in [3.8, 4) is 0 Å². The molecule has 4 aromatic rings. The van der Waals surface area contributed by atoms with Gasteiger partial charge in [-0.25, -0.2) is 9.97 Å². The Morgan fingerprint density at radius 2 is 1.23 bits per heavy atom. The minimum absolute atomic E-state index is 0.727. The van der Waals surface area contributed by atoms with Crippen molar-refractivity contribution in [2.24, 2.45) is 0 Å². The summed E-state index contributed by atoms with van der Waals surface area (Å²) < 4.78 is 10.6.